The average molecular weight is 440 g/mol. The Labute approximate surface area is 178 Å². The summed E-state index contributed by atoms with van der Waals surface area (Å²) in [4.78, 5) is 29.9. The first-order valence-electron chi connectivity index (χ1n) is 9.15. The molecule has 158 valence electrons. The number of thioether (sulfide) groups is 2. The van der Waals surface area contributed by atoms with Gasteiger partial charge in [0.25, 0.3) is 0 Å². The number of amides is 1. The van der Waals surface area contributed by atoms with Gasteiger partial charge in [0.2, 0.25) is 0 Å². The molecule has 10 heteroatoms. The summed E-state index contributed by atoms with van der Waals surface area (Å²) >= 11 is 3.10. The van der Waals surface area contributed by atoms with Crippen LogP contribution in [-0.4, -0.2) is 73.8 Å². The van der Waals surface area contributed by atoms with Crippen LogP contribution in [0.1, 0.15) is 26.3 Å². The van der Waals surface area contributed by atoms with E-state index >= 15 is 0 Å². The van der Waals surface area contributed by atoms with Gasteiger partial charge in [-0.25, -0.2) is 4.79 Å². The van der Waals surface area contributed by atoms with Gasteiger partial charge in [-0.2, -0.15) is 0 Å². The van der Waals surface area contributed by atoms with E-state index < -0.39 is 23.7 Å². The molecule has 3 N–H and O–H groups in total. The highest BCUT2D eigenvalue weighted by Gasteiger charge is 2.41. The Morgan fingerprint density at radius 2 is 2.03 bits per heavy atom. The Hall–Kier alpha value is -1.91. The van der Waals surface area contributed by atoms with Crippen LogP contribution < -0.4 is 5.32 Å². The van der Waals surface area contributed by atoms with Crippen LogP contribution in [0.5, 0.6) is 5.75 Å². The van der Waals surface area contributed by atoms with Crippen molar-refractivity contribution in [3.63, 3.8) is 0 Å². The molecule has 0 unspecified atom stereocenters. The van der Waals surface area contributed by atoms with E-state index in [0.29, 0.717) is 27.8 Å². The maximum absolute atomic E-state index is 12.0. The summed E-state index contributed by atoms with van der Waals surface area (Å²) in [5.41, 5.74) is 0.421. The molecule has 2 heterocycles. The van der Waals surface area contributed by atoms with E-state index in [1.54, 1.807) is 44.7 Å². The molecule has 0 radical (unpaired) electrons. The zero-order chi connectivity index (χ0) is 21.3. The van der Waals surface area contributed by atoms with Crippen LogP contribution in [0.3, 0.4) is 0 Å². The van der Waals surface area contributed by atoms with E-state index in [9.17, 15) is 19.8 Å². The lowest BCUT2D eigenvalue weighted by atomic mass is 10.2. The van der Waals surface area contributed by atoms with Crippen molar-refractivity contribution in [3.05, 3.63) is 23.8 Å². The van der Waals surface area contributed by atoms with Crippen LogP contribution in [0.4, 0.5) is 10.5 Å². The molecule has 2 aliphatic heterocycles. The van der Waals surface area contributed by atoms with E-state index in [4.69, 9.17) is 9.73 Å². The molecule has 3 atom stereocenters. The Morgan fingerprint density at radius 3 is 2.66 bits per heavy atom. The SMILES string of the molecule is CN1[C@@H]([C@H]2CSC(c3cc(NC(=O)OC(C)(C)C)ccc3O)=N2)SC[C@H]1C(=O)O. The summed E-state index contributed by atoms with van der Waals surface area (Å²) < 4.78 is 5.26. The number of carboxylic acid groups (broad SMARTS) is 1. The first-order chi connectivity index (χ1) is 13.5. The number of carbonyl (C=O) groups excluding carboxylic acids is 1. The largest absolute Gasteiger partial charge is 0.507 e. The Balaban J connectivity index is 1.74. The van der Waals surface area contributed by atoms with Crippen LogP contribution in [-0.2, 0) is 9.53 Å². The Bertz CT molecular complexity index is 840. The maximum atomic E-state index is 12.0. The number of phenols is 1. The lowest BCUT2D eigenvalue weighted by Gasteiger charge is -2.24. The number of aliphatic imine (C=N–C) groups is 1. The number of nitrogens with zero attached hydrogens (tertiary/aromatic N) is 2. The molecule has 0 aliphatic carbocycles. The zero-order valence-electron chi connectivity index (χ0n) is 16.7. The number of carboxylic acids is 1. The minimum Gasteiger partial charge on any atom is -0.507 e. The fourth-order valence-corrected chi connectivity index (χ4v) is 5.87. The highest BCUT2D eigenvalue weighted by atomic mass is 32.2. The zero-order valence-corrected chi connectivity index (χ0v) is 18.3. The molecule has 1 saturated heterocycles. The molecular weight excluding hydrogens is 414 g/mol. The number of phenolic OH excluding ortho intramolecular Hbond substituents is 1. The molecule has 0 aromatic heterocycles. The van der Waals surface area contributed by atoms with E-state index in [0.717, 1.165) is 0 Å². The van der Waals surface area contributed by atoms with Gasteiger partial charge in [-0.3, -0.25) is 20.0 Å². The lowest BCUT2D eigenvalue weighted by Crippen LogP contribution is -2.42. The number of rotatable bonds is 4. The lowest BCUT2D eigenvalue weighted by molar-refractivity contribution is -0.141. The van der Waals surface area contributed by atoms with Crippen molar-refractivity contribution in [1.29, 1.82) is 0 Å². The standard InChI is InChI=1S/C19H25N3O5S2/c1-19(2,3)27-18(26)20-10-5-6-14(23)11(7-10)15-21-12(8-28-15)16-22(4)13(9-29-16)17(24)25/h5-7,12-13,16,23H,8-9H2,1-4H3,(H,20,26)(H,24,25)/t12-,13+,16-/m1/s1. The first kappa shape index (κ1) is 21.8. The summed E-state index contributed by atoms with van der Waals surface area (Å²) in [6.07, 6.45) is -0.572. The number of benzene rings is 1. The molecule has 8 nitrogen and oxygen atoms in total. The van der Waals surface area contributed by atoms with Crippen molar-refractivity contribution < 1.29 is 24.5 Å². The van der Waals surface area contributed by atoms with Crippen molar-refractivity contribution >= 4 is 46.3 Å². The maximum Gasteiger partial charge on any atom is 0.412 e. The van der Waals surface area contributed by atoms with Crippen molar-refractivity contribution in [3.8, 4) is 5.75 Å². The first-order valence-corrected chi connectivity index (χ1v) is 11.2. The average Bonchev–Trinajstić information content (AvgIpc) is 3.21. The molecular formula is C19H25N3O5S2. The third-order valence-corrected chi connectivity index (χ3v) is 7.08. The third kappa shape index (κ3) is 5.18. The number of hydrogen-bond acceptors (Lipinski definition) is 8. The van der Waals surface area contributed by atoms with Gasteiger partial charge in [-0.05, 0) is 46.0 Å². The fourth-order valence-electron chi connectivity index (χ4n) is 3.12. The predicted octanol–water partition coefficient (Wildman–Crippen LogP) is 3.06. The summed E-state index contributed by atoms with van der Waals surface area (Å²) in [5.74, 6) is 0.481. The molecule has 1 amide bonds. The summed E-state index contributed by atoms with van der Waals surface area (Å²) in [6, 6.07) is 4.19. The molecule has 29 heavy (non-hydrogen) atoms. The second-order valence-corrected chi connectivity index (χ2v) is 10.1. The van der Waals surface area contributed by atoms with Gasteiger partial charge in [-0.15, -0.1) is 23.5 Å². The van der Waals surface area contributed by atoms with Crippen LogP contribution in [0, 0.1) is 0 Å². The summed E-state index contributed by atoms with van der Waals surface area (Å²) in [7, 11) is 1.81. The summed E-state index contributed by atoms with van der Waals surface area (Å²) in [5, 5.41) is 22.9. The molecule has 1 aromatic carbocycles. The monoisotopic (exact) mass is 439 g/mol. The quantitative estimate of drug-likeness (QED) is 0.614. The number of anilines is 1. The molecule has 3 rings (SSSR count). The van der Waals surface area contributed by atoms with Crippen molar-refractivity contribution in [2.75, 3.05) is 23.9 Å². The highest BCUT2D eigenvalue weighted by molar-refractivity contribution is 8.14. The number of hydrogen-bond donors (Lipinski definition) is 3. The Kier molecular flexibility index (Phi) is 6.35. The van der Waals surface area contributed by atoms with Crippen LogP contribution >= 0.6 is 23.5 Å². The number of aromatic hydroxyl groups is 1. The fraction of sp³-hybridized carbons (Fsp3) is 0.526. The van der Waals surface area contributed by atoms with E-state index in [-0.39, 0.29) is 17.2 Å². The van der Waals surface area contributed by atoms with E-state index in [1.807, 2.05) is 11.9 Å². The molecule has 1 fully saturated rings. The van der Waals surface area contributed by atoms with Gasteiger partial charge in [0.1, 0.15) is 22.4 Å². The number of nitrogens with one attached hydrogen (secondary N) is 1. The normalized spacial score (nSPS) is 25.0. The smallest absolute Gasteiger partial charge is 0.412 e. The van der Waals surface area contributed by atoms with Gasteiger partial charge >= 0.3 is 12.1 Å². The molecule has 0 spiro atoms. The van der Waals surface area contributed by atoms with Gasteiger partial charge in [0.05, 0.1) is 17.0 Å². The van der Waals surface area contributed by atoms with Crippen LogP contribution in [0.2, 0.25) is 0 Å². The number of ether oxygens (including phenoxy) is 1. The number of aliphatic carboxylic acids is 1. The number of likely N-dealkylation sites (N-methyl/N-ethyl adjacent to an activating group) is 1. The van der Waals surface area contributed by atoms with E-state index in [1.165, 1.54) is 17.8 Å². The third-order valence-electron chi connectivity index (χ3n) is 4.48. The minimum absolute atomic E-state index is 0.0219. The van der Waals surface area contributed by atoms with Gasteiger partial charge in [0.15, 0.2) is 0 Å². The predicted molar refractivity (Wildman–Crippen MR) is 116 cm³/mol. The molecule has 1 aromatic rings. The topological polar surface area (TPSA) is 111 Å². The van der Waals surface area contributed by atoms with Crippen molar-refractivity contribution in [1.82, 2.24) is 4.90 Å². The molecule has 0 bridgehead atoms. The summed E-state index contributed by atoms with van der Waals surface area (Å²) in [6.45, 7) is 5.35. The van der Waals surface area contributed by atoms with Crippen LogP contribution in [0.25, 0.3) is 0 Å². The van der Waals surface area contributed by atoms with Gasteiger partial charge in [-0.1, -0.05) is 0 Å². The molecule has 2 aliphatic rings. The second-order valence-electron chi connectivity index (χ2n) is 7.91. The second kappa shape index (κ2) is 8.45. The van der Waals surface area contributed by atoms with Crippen molar-refractivity contribution in [2.45, 2.75) is 43.8 Å². The Morgan fingerprint density at radius 1 is 1.31 bits per heavy atom. The molecule has 0 saturated carbocycles. The highest BCUT2D eigenvalue weighted by Crippen LogP contribution is 2.38. The minimum atomic E-state index is -0.823. The van der Waals surface area contributed by atoms with E-state index in [2.05, 4.69) is 5.32 Å². The van der Waals surface area contributed by atoms with Crippen molar-refractivity contribution in [2.24, 2.45) is 4.99 Å². The van der Waals surface area contributed by atoms with Crippen LogP contribution in [0.15, 0.2) is 23.2 Å². The number of carbonyl (C=O) groups is 2. The van der Waals surface area contributed by atoms with Gasteiger partial charge in [0, 0.05) is 17.2 Å². The van der Waals surface area contributed by atoms with Gasteiger partial charge < -0.3 is 14.9 Å².